The lowest BCUT2D eigenvalue weighted by molar-refractivity contribution is 0.0549. The molecule has 3 heteroatoms. The molecule has 0 nitrogen and oxygen atoms in total. The molecule has 0 unspecified atom stereocenters. The summed E-state index contributed by atoms with van der Waals surface area (Å²) in [4.78, 5) is 0. The fourth-order valence-electron chi connectivity index (χ4n) is 7.35. The number of halogens is 3. The molecule has 6 rings (SSSR count). The van der Waals surface area contributed by atoms with E-state index >= 15 is 0 Å². The predicted molar refractivity (Wildman–Crippen MR) is 90.6 cm³/mol. The fourth-order valence-corrected chi connectivity index (χ4v) is 12.6. The van der Waals surface area contributed by atoms with E-state index in [1.165, 1.54) is 39.9 Å². The summed E-state index contributed by atoms with van der Waals surface area (Å²) in [5.74, 6) is 8.21. The lowest BCUT2D eigenvalue weighted by Crippen LogP contribution is -2.40. The molecule has 6 fully saturated rings. The predicted octanol–water partition coefficient (Wildman–Crippen LogP) is 4.18. The number of rotatable bonds is 2. The average Bonchev–Trinajstić information content (AvgIpc) is 2.95. The highest BCUT2D eigenvalue weighted by molar-refractivity contribution is 14.1. The van der Waals surface area contributed by atoms with Crippen LogP contribution in [-0.4, -0.2) is 12.3 Å². The lowest BCUT2D eigenvalue weighted by Gasteiger charge is -2.42. The molecule has 0 heterocycles. The van der Waals surface area contributed by atoms with E-state index in [4.69, 9.17) is 0 Å². The molecule has 0 spiro atoms. The molecular formula is C13H15I3. The molecular weight excluding hydrogens is 537 g/mol. The zero-order valence-electron chi connectivity index (χ0n) is 8.95. The van der Waals surface area contributed by atoms with Crippen molar-refractivity contribution in [1.29, 1.82) is 0 Å². The van der Waals surface area contributed by atoms with Gasteiger partial charge in [0.1, 0.15) is 0 Å². The minimum atomic E-state index is 0.825. The van der Waals surface area contributed by atoms with Gasteiger partial charge in [-0.1, -0.05) is 67.8 Å². The Morgan fingerprint density at radius 2 is 1.81 bits per heavy atom. The van der Waals surface area contributed by atoms with Crippen LogP contribution in [0.3, 0.4) is 0 Å². The second kappa shape index (κ2) is 3.09. The minimum Gasteiger partial charge on any atom is -0.0864 e. The number of hydrogen-bond acceptors (Lipinski definition) is 0. The maximum atomic E-state index is 2.88. The Morgan fingerprint density at radius 1 is 1.00 bits per heavy atom. The smallest absolute Gasteiger partial charge is 0.0206 e. The maximum absolute atomic E-state index is 2.88. The first kappa shape index (κ1) is 10.9. The van der Waals surface area contributed by atoms with Gasteiger partial charge in [0.05, 0.1) is 0 Å². The first-order chi connectivity index (χ1) is 7.73. The van der Waals surface area contributed by atoms with Crippen molar-refractivity contribution in [2.75, 3.05) is 4.43 Å². The SMILES string of the molecule is ICC[C@]12[C@@H]3[C@H](I)[C@@H]4[C@H]5C[C@@H]([C@H]([C@H]53)[C@@H]1I)[C@H]42. The van der Waals surface area contributed by atoms with Crippen LogP contribution in [0.4, 0.5) is 0 Å². The van der Waals surface area contributed by atoms with Crippen LogP contribution in [0.15, 0.2) is 0 Å². The Bertz CT molecular complexity index is 379. The monoisotopic (exact) mass is 552 g/mol. The third-order valence-corrected chi connectivity index (χ3v) is 11.2. The summed E-state index contributed by atoms with van der Waals surface area (Å²) < 4.78 is 3.52. The van der Waals surface area contributed by atoms with Crippen molar-refractivity contribution in [3.8, 4) is 0 Å². The molecule has 10 atom stereocenters. The van der Waals surface area contributed by atoms with Gasteiger partial charge >= 0.3 is 0 Å². The lowest BCUT2D eigenvalue weighted by atomic mass is 9.62. The summed E-state index contributed by atoms with van der Waals surface area (Å²) in [6.45, 7) is 0. The van der Waals surface area contributed by atoms with Gasteiger partial charge in [0.25, 0.3) is 0 Å². The molecule has 0 N–H and O–H groups in total. The van der Waals surface area contributed by atoms with E-state index in [1.54, 1.807) is 12.8 Å². The molecule has 0 saturated heterocycles. The van der Waals surface area contributed by atoms with Gasteiger partial charge in [-0.15, -0.1) is 0 Å². The molecule has 6 bridgehead atoms. The molecule has 0 aromatic carbocycles. The Hall–Kier alpha value is 2.19. The first-order valence-corrected chi connectivity index (χ1v) is 10.6. The van der Waals surface area contributed by atoms with E-state index in [9.17, 15) is 0 Å². The summed E-state index contributed by atoms with van der Waals surface area (Å²) in [6, 6.07) is 0. The van der Waals surface area contributed by atoms with Crippen molar-refractivity contribution < 1.29 is 0 Å². The van der Waals surface area contributed by atoms with E-state index in [0.717, 1.165) is 19.2 Å². The molecule has 0 aromatic rings. The van der Waals surface area contributed by atoms with Crippen molar-refractivity contribution in [2.24, 2.45) is 46.8 Å². The van der Waals surface area contributed by atoms with E-state index in [0.29, 0.717) is 0 Å². The second-order valence-corrected chi connectivity index (χ2v) is 10.6. The van der Waals surface area contributed by atoms with Crippen molar-refractivity contribution in [3.63, 3.8) is 0 Å². The second-order valence-electron chi connectivity index (χ2n) is 6.74. The van der Waals surface area contributed by atoms with Gasteiger partial charge in [0, 0.05) is 12.3 Å². The first-order valence-electron chi connectivity index (χ1n) is 6.57. The number of hydrogen-bond donors (Lipinski definition) is 0. The summed E-state index contributed by atoms with van der Waals surface area (Å²) >= 11 is 8.37. The van der Waals surface area contributed by atoms with Gasteiger partial charge < -0.3 is 0 Å². The molecule has 0 amide bonds. The Balaban J connectivity index is 1.76. The molecule has 16 heavy (non-hydrogen) atoms. The molecule has 6 aliphatic rings. The maximum Gasteiger partial charge on any atom is 0.0206 e. The van der Waals surface area contributed by atoms with Gasteiger partial charge in [-0.05, 0) is 59.7 Å². The minimum absolute atomic E-state index is 0.825. The van der Waals surface area contributed by atoms with Crippen LogP contribution in [-0.2, 0) is 0 Å². The summed E-state index contributed by atoms with van der Waals surface area (Å²) in [5.41, 5.74) is 0.825. The topological polar surface area (TPSA) is 0 Å². The molecule has 0 aromatic heterocycles. The highest BCUT2D eigenvalue weighted by Gasteiger charge is 2.87. The number of alkyl halides is 3. The summed E-state index contributed by atoms with van der Waals surface area (Å²) in [5, 5.41) is 0. The van der Waals surface area contributed by atoms with E-state index in [-0.39, 0.29) is 0 Å². The zero-order chi connectivity index (χ0) is 10.8. The largest absolute Gasteiger partial charge is 0.0864 e. The molecule has 6 aliphatic carbocycles. The van der Waals surface area contributed by atoms with Crippen molar-refractivity contribution >= 4 is 67.8 Å². The fraction of sp³-hybridized carbons (Fsp3) is 1.00. The van der Waals surface area contributed by atoms with Crippen LogP contribution in [0.5, 0.6) is 0 Å². The summed E-state index contributed by atoms with van der Waals surface area (Å²) in [6.07, 6.45) is 3.19. The molecule has 88 valence electrons. The van der Waals surface area contributed by atoms with Crippen LogP contribution in [0.2, 0.25) is 0 Å². The van der Waals surface area contributed by atoms with Crippen LogP contribution in [0.1, 0.15) is 12.8 Å². The van der Waals surface area contributed by atoms with Crippen molar-refractivity contribution in [1.82, 2.24) is 0 Å². The van der Waals surface area contributed by atoms with E-state index in [2.05, 4.69) is 67.8 Å². The Labute approximate surface area is 138 Å². The average molecular weight is 552 g/mol. The van der Waals surface area contributed by atoms with Crippen LogP contribution in [0, 0.1) is 46.8 Å². The summed E-state index contributed by atoms with van der Waals surface area (Å²) in [7, 11) is 0. The third-order valence-electron chi connectivity index (χ3n) is 7.09. The highest BCUT2D eigenvalue weighted by atomic mass is 127. The van der Waals surface area contributed by atoms with Crippen LogP contribution < -0.4 is 0 Å². The van der Waals surface area contributed by atoms with Crippen LogP contribution >= 0.6 is 67.8 Å². The molecule has 6 saturated carbocycles. The molecule has 0 radical (unpaired) electrons. The van der Waals surface area contributed by atoms with Gasteiger partial charge in [-0.2, -0.15) is 0 Å². The van der Waals surface area contributed by atoms with Crippen molar-refractivity contribution in [2.45, 2.75) is 20.7 Å². The normalized spacial score (nSPS) is 76.3. The quantitative estimate of drug-likeness (QED) is 0.357. The van der Waals surface area contributed by atoms with Gasteiger partial charge in [-0.3, -0.25) is 0 Å². The zero-order valence-corrected chi connectivity index (χ0v) is 15.4. The van der Waals surface area contributed by atoms with E-state index in [1.807, 2.05) is 0 Å². The van der Waals surface area contributed by atoms with Gasteiger partial charge in [0.15, 0.2) is 0 Å². The Morgan fingerprint density at radius 3 is 2.56 bits per heavy atom. The van der Waals surface area contributed by atoms with E-state index < -0.39 is 0 Å². The Kier molecular flexibility index (Phi) is 2.11. The standard InChI is InChI=1S/C13H15I3/c14-2-1-13-9-5-3-4-6(7(5)12(13)16)10(13)11(15)8(4)9/h4-12H,1-3H2/t4-,5-,6-,7+,8+,9+,10-,11+,12-,13-/m0/s1. The third kappa shape index (κ3) is 0.803. The highest BCUT2D eigenvalue weighted by Crippen LogP contribution is 2.89. The van der Waals surface area contributed by atoms with Gasteiger partial charge in [-0.25, -0.2) is 0 Å². The van der Waals surface area contributed by atoms with Crippen molar-refractivity contribution in [3.05, 3.63) is 0 Å². The molecule has 0 aliphatic heterocycles. The van der Waals surface area contributed by atoms with Gasteiger partial charge in [0.2, 0.25) is 0 Å². The van der Waals surface area contributed by atoms with Crippen LogP contribution in [0.25, 0.3) is 0 Å².